The monoisotopic (exact) mass is 411 g/mol. The third-order valence-corrected chi connectivity index (χ3v) is 4.82. The molecule has 0 bridgehead atoms. The van der Waals surface area contributed by atoms with Gasteiger partial charge in [-0.05, 0) is 20.8 Å². The van der Waals surface area contributed by atoms with E-state index in [1.165, 1.54) is 9.80 Å². The number of carbonyl (C=O) groups is 2. The summed E-state index contributed by atoms with van der Waals surface area (Å²) in [4.78, 5) is 29.4. The van der Waals surface area contributed by atoms with E-state index in [-0.39, 0.29) is 36.0 Å². The van der Waals surface area contributed by atoms with Crippen molar-refractivity contribution in [1.82, 2.24) is 9.88 Å². The van der Waals surface area contributed by atoms with Gasteiger partial charge in [-0.1, -0.05) is 11.3 Å². The van der Waals surface area contributed by atoms with Crippen molar-refractivity contribution in [2.45, 2.75) is 38.6 Å². The van der Waals surface area contributed by atoms with E-state index in [1.807, 2.05) is 0 Å². The molecule has 1 aliphatic heterocycles. The van der Waals surface area contributed by atoms with Crippen molar-refractivity contribution in [2.24, 2.45) is 0 Å². The molecule has 0 aliphatic carbocycles. The van der Waals surface area contributed by atoms with Crippen molar-refractivity contribution in [3.8, 4) is 0 Å². The molecule has 1 aromatic heterocycles. The maximum Gasteiger partial charge on any atom is 0.443 e. The molecule has 1 fully saturated rings. The van der Waals surface area contributed by atoms with Crippen LogP contribution in [0, 0.1) is 0 Å². The minimum atomic E-state index is -4.76. The predicted molar refractivity (Wildman–Crippen MR) is 90.1 cm³/mol. The summed E-state index contributed by atoms with van der Waals surface area (Å²) < 4.78 is 44.0. The van der Waals surface area contributed by atoms with Crippen molar-refractivity contribution in [2.75, 3.05) is 31.1 Å². The highest BCUT2D eigenvalue weighted by Crippen LogP contribution is 2.39. The molecule has 1 aliphatic rings. The van der Waals surface area contributed by atoms with Crippen molar-refractivity contribution >= 4 is 28.4 Å². The van der Waals surface area contributed by atoms with Gasteiger partial charge in [-0.3, -0.25) is 4.90 Å². The van der Waals surface area contributed by atoms with Crippen LogP contribution < -0.4 is 4.90 Å². The number of rotatable bonds is 3. The van der Waals surface area contributed by atoms with E-state index in [1.54, 1.807) is 20.8 Å². The number of carboxylic acid groups (broad SMARTS) is 1. The summed E-state index contributed by atoms with van der Waals surface area (Å²) in [5, 5.41) is 17.4. The Kier molecular flexibility index (Phi) is 5.90. The number of hydrogen-bond acceptors (Lipinski definition) is 7. The van der Waals surface area contributed by atoms with E-state index in [0.29, 0.717) is 0 Å². The number of ether oxygens (including phenoxy) is 1. The van der Waals surface area contributed by atoms with Gasteiger partial charge >= 0.3 is 18.2 Å². The Bertz CT molecular complexity index is 717. The van der Waals surface area contributed by atoms with Crippen LogP contribution in [0.25, 0.3) is 0 Å². The number of nitrogens with zero attached hydrogens (tertiary/aromatic N) is 3. The van der Waals surface area contributed by atoms with Gasteiger partial charge in [-0.25, -0.2) is 14.6 Å². The minimum Gasteiger partial charge on any atom is -0.476 e. The molecule has 0 aromatic carbocycles. The zero-order valence-corrected chi connectivity index (χ0v) is 15.7. The largest absolute Gasteiger partial charge is 0.476 e. The molecule has 12 heteroatoms. The van der Waals surface area contributed by atoms with Gasteiger partial charge < -0.3 is 19.8 Å². The lowest BCUT2D eigenvalue weighted by Gasteiger charge is -2.41. The molecule has 0 saturated carbocycles. The van der Waals surface area contributed by atoms with Crippen molar-refractivity contribution in [3.05, 3.63) is 10.7 Å². The predicted octanol–water partition coefficient (Wildman–Crippen LogP) is 2.28. The van der Waals surface area contributed by atoms with Crippen LogP contribution in [0.1, 0.15) is 36.3 Å². The van der Waals surface area contributed by atoms with E-state index in [0.717, 1.165) is 0 Å². The van der Waals surface area contributed by atoms with Gasteiger partial charge in [0, 0.05) is 19.6 Å². The highest BCUT2D eigenvalue weighted by molar-refractivity contribution is 7.16. The molecule has 0 spiro atoms. The number of aliphatic hydroxyl groups excluding tert-OH is 1. The van der Waals surface area contributed by atoms with Gasteiger partial charge in [0.15, 0.2) is 5.69 Å². The first kappa shape index (κ1) is 21.2. The fourth-order valence-corrected chi connectivity index (χ4v) is 3.50. The topological polar surface area (TPSA) is 103 Å². The van der Waals surface area contributed by atoms with E-state index in [4.69, 9.17) is 4.74 Å². The van der Waals surface area contributed by atoms with Gasteiger partial charge in [0.1, 0.15) is 10.6 Å². The Morgan fingerprint density at radius 3 is 2.41 bits per heavy atom. The molecular weight excluding hydrogens is 391 g/mol. The van der Waals surface area contributed by atoms with Gasteiger partial charge in [0.25, 0.3) is 0 Å². The Morgan fingerprint density at radius 2 is 1.93 bits per heavy atom. The second-order valence-electron chi connectivity index (χ2n) is 6.93. The molecule has 1 atom stereocenters. The number of alkyl halides is 3. The summed E-state index contributed by atoms with van der Waals surface area (Å²) in [5.41, 5.74) is -1.45. The summed E-state index contributed by atoms with van der Waals surface area (Å²) >= 11 is 0.226. The Hall–Kier alpha value is -2.08. The Balaban J connectivity index is 2.25. The Morgan fingerprint density at radius 1 is 1.30 bits per heavy atom. The number of carboxylic acids is 1. The number of aliphatic hydroxyl groups is 1. The molecule has 152 valence electrons. The molecule has 1 aromatic rings. The van der Waals surface area contributed by atoms with E-state index in [2.05, 4.69) is 4.98 Å². The highest BCUT2D eigenvalue weighted by Gasteiger charge is 2.40. The van der Waals surface area contributed by atoms with E-state index >= 15 is 0 Å². The first-order chi connectivity index (χ1) is 12.3. The first-order valence-corrected chi connectivity index (χ1v) is 8.82. The number of piperazine rings is 1. The average molecular weight is 411 g/mol. The molecule has 2 rings (SSSR count). The van der Waals surface area contributed by atoms with Gasteiger partial charge in [-0.2, -0.15) is 13.2 Å². The number of aromatic nitrogens is 1. The molecule has 2 N–H and O–H groups in total. The van der Waals surface area contributed by atoms with E-state index in [9.17, 15) is 33.0 Å². The maximum atomic E-state index is 12.9. The lowest BCUT2D eigenvalue weighted by atomic mass is 10.1. The average Bonchev–Trinajstić information content (AvgIpc) is 2.98. The quantitative estimate of drug-likeness (QED) is 0.787. The number of carbonyl (C=O) groups excluding carboxylic acids is 1. The van der Waals surface area contributed by atoms with Crippen molar-refractivity contribution < 1.29 is 37.7 Å². The van der Waals surface area contributed by atoms with Gasteiger partial charge in [-0.15, -0.1) is 0 Å². The van der Waals surface area contributed by atoms with Crippen molar-refractivity contribution in [1.29, 1.82) is 0 Å². The van der Waals surface area contributed by atoms with Gasteiger partial charge in [0.05, 0.1) is 12.6 Å². The minimum absolute atomic E-state index is 0.0461. The number of aromatic carboxylic acids is 1. The summed E-state index contributed by atoms with van der Waals surface area (Å²) in [6.45, 7) is 4.69. The van der Waals surface area contributed by atoms with Crippen molar-refractivity contribution in [3.63, 3.8) is 0 Å². The van der Waals surface area contributed by atoms with Crippen LogP contribution in [0.5, 0.6) is 0 Å². The number of anilines is 1. The van der Waals surface area contributed by atoms with Crippen LogP contribution in [0.2, 0.25) is 0 Å². The van der Waals surface area contributed by atoms with E-state index < -0.39 is 47.2 Å². The molecule has 1 amide bonds. The van der Waals surface area contributed by atoms with Crippen LogP contribution in [0.15, 0.2) is 0 Å². The molecule has 0 radical (unpaired) electrons. The molecule has 0 unspecified atom stereocenters. The summed E-state index contributed by atoms with van der Waals surface area (Å²) in [6.07, 6.45) is -5.41. The molecule has 27 heavy (non-hydrogen) atoms. The zero-order valence-electron chi connectivity index (χ0n) is 14.9. The second kappa shape index (κ2) is 7.50. The van der Waals surface area contributed by atoms with Crippen LogP contribution in [-0.4, -0.2) is 70.0 Å². The summed E-state index contributed by atoms with van der Waals surface area (Å²) in [6, 6.07) is -0.758. The second-order valence-corrected chi connectivity index (χ2v) is 7.91. The van der Waals surface area contributed by atoms with Gasteiger partial charge in [0.2, 0.25) is 5.01 Å². The SMILES string of the molecule is CC(C)(C)OC(=O)N1CCN(c2sc(C(F)(F)F)nc2C(=O)O)C[C@H]1CO. The highest BCUT2D eigenvalue weighted by atomic mass is 32.1. The standard InChI is InChI=1S/C15H20F3N3O5S/c1-14(2,3)26-13(25)21-5-4-20(6-8(21)7-22)10-9(11(23)24)19-12(27-10)15(16,17)18/h8,22H,4-7H2,1-3H3,(H,23,24)/t8-/m0/s1. The fraction of sp³-hybridized carbons (Fsp3) is 0.667. The smallest absolute Gasteiger partial charge is 0.443 e. The zero-order chi connectivity index (χ0) is 20.6. The van der Waals surface area contributed by atoms with Crippen LogP contribution >= 0.6 is 11.3 Å². The molecule has 8 nitrogen and oxygen atoms in total. The number of thiazole rings is 1. The summed E-state index contributed by atoms with van der Waals surface area (Å²) in [5.74, 6) is -1.58. The number of halogens is 3. The maximum absolute atomic E-state index is 12.9. The summed E-state index contributed by atoms with van der Waals surface area (Å²) in [7, 11) is 0. The Labute approximate surface area is 157 Å². The third-order valence-electron chi connectivity index (χ3n) is 3.66. The lowest BCUT2D eigenvalue weighted by molar-refractivity contribution is -0.137. The number of amides is 1. The normalized spacial score (nSPS) is 18.6. The van der Waals surface area contributed by atoms with Crippen LogP contribution in [0.4, 0.5) is 23.0 Å². The lowest BCUT2D eigenvalue weighted by Crippen LogP contribution is -2.57. The third kappa shape index (κ3) is 5.01. The first-order valence-electron chi connectivity index (χ1n) is 8.00. The molecule has 1 saturated heterocycles. The fourth-order valence-electron chi connectivity index (χ4n) is 2.54. The van der Waals surface area contributed by atoms with Crippen LogP contribution in [-0.2, 0) is 10.9 Å². The molecular formula is C15H20F3N3O5S. The molecule has 2 heterocycles. The number of hydrogen-bond donors (Lipinski definition) is 2. The van der Waals surface area contributed by atoms with Crippen LogP contribution in [0.3, 0.4) is 0 Å².